The second-order valence-electron chi connectivity index (χ2n) is 7.69. The number of amides is 1. The van der Waals surface area contributed by atoms with Gasteiger partial charge in [0.2, 0.25) is 0 Å². The van der Waals surface area contributed by atoms with E-state index in [9.17, 15) is 18.0 Å². The van der Waals surface area contributed by atoms with E-state index in [0.29, 0.717) is 0 Å². The van der Waals surface area contributed by atoms with Crippen molar-refractivity contribution in [1.82, 2.24) is 5.32 Å². The lowest BCUT2D eigenvalue weighted by atomic mass is 9.92. The Kier molecular flexibility index (Phi) is 7.89. The van der Waals surface area contributed by atoms with E-state index >= 15 is 0 Å². The van der Waals surface area contributed by atoms with Crippen LogP contribution in [0.1, 0.15) is 18.1 Å². The number of halogens is 3. The number of hydrogen-bond donors (Lipinski definition) is 1. The molecule has 0 spiro atoms. The van der Waals surface area contributed by atoms with Crippen LogP contribution in [0.5, 0.6) is 0 Å². The fourth-order valence-electron chi connectivity index (χ4n) is 3.67. The van der Waals surface area contributed by atoms with Crippen LogP contribution in [0.15, 0.2) is 60.7 Å². The maximum Gasteiger partial charge on any atom is 0.471 e. The highest BCUT2D eigenvalue weighted by atomic mass is 19.4. The summed E-state index contributed by atoms with van der Waals surface area (Å²) in [4.78, 5) is 11.8. The van der Waals surface area contributed by atoms with E-state index < -0.39 is 36.1 Å². The second kappa shape index (κ2) is 10.4. The van der Waals surface area contributed by atoms with Gasteiger partial charge in [-0.15, -0.1) is 0 Å². The fourth-order valence-corrected chi connectivity index (χ4v) is 3.67. The van der Waals surface area contributed by atoms with E-state index in [4.69, 9.17) is 18.9 Å². The fraction of sp³-hybridized carbons (Fsp3) is 0.435. The zero-order chi connectivity index (χ0) is 23.2. The molecule has 0 saturated carbocycles. The zero-order valence-corrected chi connectivity index (χ0v) is 17.8. The lowest BCUT2D eigenvalue weighted by Gasteiger charge is -2.35. The largest absolute Gasteiger partial charge is 0.471 e. The summed E-state index contributed by atoms with van der Waals surface area (Å²) in [7, 11) is 1.30. The summed E-state index contributed by atoms with van der Waals surface area (Å²) in [6.07, 6.45) is -7.96. The number of carbonyl (C=O) groups is 1. The number of rotatable bonds is 9. The third-order valence-electron chi connectivity index (χ3n) is 5.24. The molecular weight excluding hydrogens is 427 g/mol. The molecule has 32 heavy (non-hydrogen) atoms. The summed E-state index contributed by atoms with van der Waals surface area (Å²) in [5.41, 5.74) is 0.155. The van der Waals surface area contributed by atoms with Gasteiger partial charge in [0, 0.05) is 7.11 Å². The molecule has 4 atom stereocenters. The first-order valence-electron chi connectivity index (χ1n) is 10.1. The lowest BCUT2D eigenvalue weighted by molar-refractivity contribution is -0.183. The SMILES string of the molecule is COC1OC(COCc2ccccc2)C(OCc2ccccc2)C1(C)NC(=O)C(F)(F)F. The summed E-state index contributed by atoms with van der Waals surface area (Å²) < 4.78 is 61.9. The number of benzene rings is 2. The summed E-state index contributed by atoms with van der Waals surface area (Å²) in [6, 6.07) is 18.6. The minimum Gasteiger partial charge on any atom is -0.374 e. The van der Waals surface area contributed by atoms with Crippen LogP contribution in [-0.2, 0) is 37.0 Å². The third-order valence-corrected chi connectivity index (χ3v) is 5.24. The van der Waals surface area contributed by atoms with Crippen molar-refractivity contribution in [2.24, 2.45) is 0 Å². The Morgan fingerprint density at radius 1 is 1.03 bits per heavy atom. The average Bonchev–Trinajstić information content (AvgIpc) is 3.03. The van der Waals surface area contributed by atoms with E-state index in [2.05, 4.69) is 0 Å². The second-order valence-corrected chi connectivity index (χ2v) is 7.69. The van der Waals surface area contributed by atoms with E-state index in [1.165, 1.54) is 14.0 Å². The van der Waals surface area contributed by atoms with Crippen LogP contribution in [0, 0.1) is 0 Å². The van der Waals surface area contributed by atoms with Gasteiger partial charge in [-0.3, -0.25) is 4.79 Å². The smallest absolute Gasteiger partial charge is 0.374 e. The van der Waals surface area contributed by atoms with Crippen LogP contribution in [0.2, 0.25) is 0 Å². The van der Waals surface area contributed by atoms with Crippen molar-refractivity contribution in [3.05, 3.63) is 71.8 Å². The van der Waals surface area contributed by atoms with Crippen LogP contribution in [0.3, 0.4) is 0 Å². The first kappa shape index (κ1) is 24.2. The highest BCUT2D eigenvalue weighted by Gasteiger charge is 2.58. The number of hydrogen-bond acceptors (Lipinski definition) is 5. The Balaban J connectivity index is 1.77. The summed E-state index contributed by atoms with van der Waals surface area (Å²) in [5.74, 6) is -2.09. The van der Waals surface area contributed by atoms with Gasteiger partial charge < -0.3 is 24.3 Å². The Morgan fingerprint density at radius 3 is 2.12 bits per heavy atom. The molecular formula is C23H26F3NO5. The maximum absolute atomic E-state index is 13.0. The molecule has 2 aromatic rings. The monoisotopic (exact) mass is 453 g/mol. The molecule has 4 unspecified atom stereocenters. The van der Waals surface area contributed by atoms with Crippen molar-refractivity contribution in [3.63, 3.8) is 0 Å². The summed E-state index contributed by atoms with van der Waals surface area (Å²) >= 11 is 0. The minimum atomic E-state index is -5.06. The number of methoxy groups -OCH3 is 1. The first-order valence-corrected chi connectivity index (χ1v) is 10.1. The molecule has 1 saturated heterocycles. The molecule has 2 aromatic carbocycles. The molecule has 0 aromatic heterocycles. The molecule has 1 amide bonds. The molecule has 0 bridgehead atoms. The van der Waals surface area contributed by atoms with E-state index in [0.717, 1.165) is 11.1 Å². The molecule has 1 N–H and O–H groups in total. The topological polar surface area (TPSA) is 66.0 Å². The number of carbonyl (C=O) groups excluding carboxylic acids is 1. The zero-order valence-electron chi connectivity index (χ0n) is 17.8. The molecule has 0 aliphatic carbocycles. The number of nitrogens with one attached hydrogen (secondary N) is 1. The Hall–Kier alpha value is -2.46. The van der Waals surface area contributed by atoms with E-state index in [1.54, 1.807) is 0 Å². The van der Waals surface area contributed by atoms with Crippen LogP contribution in [0.25, 0.3) is 0 Å². The molecule has 0 radical (unpaired) electrons. The highest BCUT2D eigenvalue weighted by Crippen LogP contribution is 2.36. The van der Waals surface area contributed by atoms with E-state index in [1.807, 2.05) is 66.0 Å². The van der Waals surface area contributed by atoms with Gasteiger partial charge in [-0.05, 0) is 18.1 Å². The van der Waals surface area contributed by atoms with Gasteiger partial charge in [0.1, 0.15) is 17.7 Å². The Morgan fingerprint density at radius 2 is 1.59 bits per heavy atom. The van der Waals surface area contributed by atoms with Gasteiger partial charge in [0.05, 0.1) is 19.8 Å². The number of alkyl halides is 3. The minimum absolute atomic E-state index is 0.0334. The van der Waals surface area contributed by atoms with Gasteiger partial charge >= 0.3 is 12.1 Å². The van der Waals surface area contributed by atoms with Gasteiger partial charge in [0.25, 0.3) is 0 Å². The molecule has 6 nitrogen and oxygen atoms in total. The molecule has 3 rings (SSSR count). The molecule has 174 valence electrons. The van der Waals surface area contributed by atoms with Crippen molar-refractivity contribution in [2.45, 2.75) is 50.4 Å². The average molecular weight is 453 g/mol. The molecule has 1 heterocycles. The summed E-state index contributed by atoms with van der Waals surface area (Å²) in [6.45, 7) is 1.84. The van der Waals surface area contributed by atoms with Crippen molar-refractivity contribution in [1.29, 1.82) is 0 Å². The lowest BCUT2D eigenvalue weighted by Crippen LogP contribution is -2.62. The van der Waals surface area contributed by atoms with Crippen LogP contribution in [0.4, 0.5) is 13.2 Å². The van der Waals surface area contributed by atoms with Crippen LogP contribution < -0.4 is 5.32 Å². The van der Waals surface area contributed by atoms with Crippen molar-refractivity contribution in [3.8, 4) is 0 Å². The maximum atomic E-state index is 13.0. The van der Waals surface area contributed by atoms with Gasteiger partial charge in [-0.25, -0.2) is 0 Å². The molecule has 9 heteroatoms. The van der Waals surface area contributed by atoms with Gasteiger partial charge in [0.15, 0.2) is 6.29 Å². The van der Waals surface area contributed by atoms with Gasteiger partial charge in [-0.2, -0.15) is 13.2 Å². The standard InChI is InChI=1S/C23H26F3NO5/c1-22(27-20(28)23(24,25)26)19(31-14-17-11-7-4-8-12-17)18(32-21(22)29-2)15-30-13-16-9-5-3-6-10-16/h3-12,18-19,21H,13-15H2,1-2H3,(H,27,28). The molecule has 1 aliphatic rings. The third kappa shape index (κ3) is 5.86. The molecule has 1 fully saturated rings. The number of ether oxygens (including phenoxy) is 4. The highest BCUT2D eigenvalue weighted by molar-refractivity contribution is 5.82. The predicted molar refractivity (Wildman–Crippen MR) is 109 cm³/mol. The van der Waals surface area contributed by atoms with Crippen molar-refractivity contribution < 1.29 is 36.9 Å². The Bertz CT molecular complexity index is 865. The summed E-state index contributed by atoms with van der Waals surface area (Å²) in [5, 5.41) is 2.03. The van der Waals surface area contributed by atoms with Crippen molar-refractivity contribution >= 4 is 5.91 Å². The van der Waals surface area contributed by atoms with Crippen LogP contribution >= 0.6 is 0 Å². The van der Waals surface area contributed by atoms with Crippen LogP contribution in [-0.4, -0.2) is 49.8 Å². The van der Waals surface area contributed by atoms with Gasteiger partial charge in [-0.1, -0.05) is 60.7 Å². The Labute approximate surface area is 184 Å². The molecule has 1 aliphatic heterocycles. The normalized spacial score (nSPS) is 25.6. The van der Waals surface area contributed by atoms with E-state index in [-0.39, 0.29) is 19.8 Å². The predicted octanol–water partition coefficient (Wildman–Crippen LogP) is 3.60. The van der Waals surface area contributed by atoms with Crippen molar-refractivity contribution in [2.75, 3.05) is 13.7 Å². The quantitative estimate of drug-likeness (QED) is 0.629. The first-order chi connectivity index (χ1) is 15.2.